The van der Waals surface area contributed by atoms with Crippen LogP contribution < -0.4 is 5.32 Å². The van der Waals surface area contributed by atoms with Crippen molar-refractivity contribution in [1.82, 2.24) is 9.97 Å². The first kappa shape index (κ1) is 13.7. The van der Waals surface area contributed by atoms with Gasteiger partial charge in [-0.2, -0.15) is 13.2 Å². The van der Waals surface area contributed by atoms with E-state index in [1.807, 2.05) is 0 Å². The number of nitrogens with zero attached hydrogens (tertiary/aromatic N) is 2. The summed E-state index contributed by atoms with van der Waals surface area (Å²) in [6.07, 6.45) is -5.15. The lowest BCUT2D eigenvalue weighted by molar-refractivity contribution is -0.167. The van der Waals surface area contributed by atoms with E-state index in [-0.39, 0.29) is 11.0 Å². The lowest BCUT2D eigenvalue weighted by Gasteiger charge is -2.09. The molecule has 1 amide bonds. The Morgan fingerprint density at radius 1 is 1.10 bits per heavy atom. The van der Waals surface area contributed by atoms with E-state index in [0.29, 0.717) is 0 Å². The molecule has 20 heavy (non-hydrogen) atoms. The van der Waals surface area contributed by atoms with Crippen molar-refractivity contribution in [3.05, 3.63) is 30.0 Å². The first-order chi connectivity index (χ1) is 9.29. The predicted octanol–water partition coefficient (Wildman–Crippen LogP) is 1.83. The van der Waals surface area contributed by atoms with Crippen LogP contribution in [0.3, 0.4) is 0 Å². The van der Waals surface area contributed by atoms with Crippen LogP contribution in [0.4, 0.5) is 19.0 Å². The number of nitrogens with one attached hydrogen (secondary N) is 1. The Morgan fingerprint density at radius 2 is 1.65 bits per heavy atom. The summed E-state index contributed by atoms with van der Waals surface area (Å²) < 4.78 is 36.5. The van der Waals surface area contributed by atoms with Gasteiger partial charge in [-0.3, -0.25) is 4.79 Å². The van der Waals surface area contributed by atoms with E-state index >= 15 is 0 Å². The Morgan fingerprint density at radius 3 is 2.15 bits per heavy atom. The molecule has 0 saturated carbocycles. The van der Waals surface area contributed by atoms with Crippen molar-refractivity contribution in [1.29, 1.82) is 0 Å². The molecule has 0 spiro atoms. The summed E-state index contributed by atoms with van der Waals surface area (Å²) >= 11 is 0. The molecule has 0 atom stereocenters. The second-order valence-electron chi connectivity index (χ2n) is 3.67. The summed E-state index contributed by atoms with van der Waals surface area (Å²) in [6, 6.07) is 5.99. The van der Waals surface area contributed by atoms with Crippen LogP contribution in [0.25, 0.3) is 11.0 Å². The van der Waals surface area contributed by atoms with Gasteiger partial charge in [-0.1, -0.05) is 12.1 Å². The molecule has 1 heterocycles. The Labute approximate surface area is 109 Å². The number of fused-ring (bicyclic) bond motifs is 1. The Balaban J connectivity index is 2.53. The number of carbonyl (C=O) groups is 2. The fourth-order valence-electron chi connectivity index (χ4n) is 1.41. The third-order valence-corrected chi connectivity index (χ3v) is 2.26. The molecule has 2 rings (SSSR count). The normalized spacial score (nSPS) is 11.3. The molecule has 2 aromatic rings. The Hall–Kier alpha value is -2.71. The molecule has 9 heteroatoms. The smallest absolute Gasteiger partial charge is 0.471 e. The van der Waals surface area contributed by atoms with E-state index in [0.717, 1.165) is 0 Å². The first-order valence-corrected chi connectivity index (χ1v) is 5.17. The van der Waals surface area contributed by atoms with Gasteiger partial charge in [0.05, 0.1) is 11.0 Å². The summed E-state index contributed by atoms with van der Waals surface area (Å²) in [5.41, 5.74) is -0.411. The first-order valence-electron chi connectivity index (χ1n) is 5.17. The average molecular weight is 285 g/mol. The molecule has 0 radical (unpaired) electrons. The second-order valence-corrected chi connectivity index (χ2v) is 3.67. The van der Waals surface area contributed by atoms with Crippen molar-refractivity contribution in [3.8, 4) is 0 Å². The predicted molar refractivity (Wildman–Crippen MR) is 61.2 cm³/mol. The Bertz CT molecular complexity index is 700. The number of carboxylic acids is 1. The SMILES string of the molecule is O=C(O)c1nc2ccccc2nc1NC(=O)C(F)(F)F. The number of benzene rings is 1. The molecular weight excluding hydrogens is 279 g/mol. The maximum absolute atomic E-state index is 12.2. The number of rotatable bonds is 2. The van der Waals surface area contributed by atoms with Gasteiger partial charge < -0.3 is 10.4 Å². The van der Waals surface area contributed by atoms with Gasteiger partial charge >= 0.3 is 18.1 Å². The highest BCUT2D eigenvalue weighted by atomic mass is 19.4. The zero-order valence-electron chi connectivity index (χ0n) is 9.60. The van der Waals surface area contributed by atoms with E-state index in [1.165, 1.54) is 17.4 Å². The molecule has 6 nitrogen and oxygen atoms in total. The molecule has 0 aliphatic heterocycles. The number of halogens is 3. The summed E-state index contributed by atoms with van der Waals surface area (Å²) in [5.74, 6) is -4.66. The van der Waals surface area contributed by atoms with Crippen molar-refractivity contribution < 1.29 is 27.9 Å². The van der Waals surface area contributed by atoms with Gasteiger partial charge in [0.15, 0.2) is 11.5 Å². The molecule has 104 valence electrons. The monoisotopic (exact) mass is 285 g/mol. The van der Waals surface area contributed by atoms with E-state index in [9.17, 15) is 22.8 Å². The quantitative estimate of drug-likeness (QED) is 0.878. The van der Waals surface area contributed by atoms with Crippen LogP contribution in [-0.2, 0) is 4.79 Å². The van der Waals surface area contributed by atoms with Crippen LogP contribution in [0, 0.1) is 0 Å². The zero-order valence-corrected chi connectivity index (χ0v) is 9.60. The van der Waals surface area contributed by atoms with Gasteiger partial charge in [0.1, 0.15) is 0 Å². The highest BCUT2D eigenvalue weighted by Crippen LogP contribution is 2.21. The van der Waals surface area contributed by atoms with E-state index < -0.39 is 29.6 Å². The van der Waals surface area contributed by atoms with E-state index in [4.69, 9.17) is 5.11 Å². The van der Waals surface area contributed by atoms with Gasteiger partial charge in [0, 0.05) is 0 Å². The molecule has 0 aliphatic rings. The van der Waals surface area contributed by atoms with Crippen LogP contribution in [0.2, 0.25) is 0 Å². The molecule has 1 aromatic heterocycles. The molecule has 1 aromatic carbocycles. The number of carboxylic acid groups (broad SMARTS) is 1. The number of alkyl halides is 3. The summed E-state index contributed by atoms with van der Waals surface area (Å²) in [6.45, 7) is 0. The summed E-state index contributed by atoms with van der Waals surface area (Å²) in [4.78, 5) is 29.1. The van der Waals surface area contributed by atoms with E-state index in [1.54, 1.807) is 12.1 Å². The van der Waals surface area contributed by atoms with Gasteiger partial charge in [0.25, 0.3) is 0 Å². The molecular formula is C11H6F3N3O3. The number of para-hydroxylation sites is 2. The maximum Gasteiger partial charge on any atom is 0.471 e. The molecule has 0 unspecified atom stereocenters. The minimum atomic E-state index is -5.15. The standard InChI is InChI=1S/C11H6F3N3O3/c12-11(13,14)10(20)17-8-7(9(18)19)15-5-3-1-2-4-6(5)16-8/h1-4H,(H,18,19)(H,16,17,20). The van der Waals surface area contributed by atoms with Crippen molar-refractivity contribution in [2.75, 3.05) is 5.32 Å². The maximum atomic E-state index is 12.2. The van der Waals surface area contributed by atoms with Gasteiger partial charge in [-0.15, -0.1) is 0 Å². The van der Waals surface area contributed by atoms with Crippen molar-refractivity contribution >= 4 is 28.7 Å². The Kier molecular flexibility index (Phi) is 3.26. The van der Waals surface area contributed by atoms with Crippen LogP contribution in [-0.4, -0.2) is 33.1 Å². The van der Waals surface area contributed by atoms with Crippen LogP contribution in [0.15, 0.2) is 24.3 Å². The highest BCUT2D eigenvalue weighted by molar-refractivity contribution is 6.01. The average Bonchev–Trinajstić information content (AvgIpc) is 2.36. The van der Waals surface area contributed by atoms with Gasteiger partial charge in [-0.05, 0) is 12.1 Å². The number of hydrogen-bond acceptors (Lipinski definition) is 4. The summed E-state index contributed by atoms with van der Waals surface area (Å²) in [5, 5.41) is 10.3. The van der Waals surface area contributed by atoms with Crippen molar-refractivity contribution in [3.63, 3.8) is 0 Å². The minimum Gasteiger partial charge on any atom is -0.476 e. The second kappa shape index (κ2) is 4.76. The van der Waals surface area contributed by atoms with Gasteiger partial charge in [0.2, 0.25) is 0 Å². The van der Waals surface area contributed by atoms with E-state index in [2.05, 4.69) is 9.97 Å². The molecule has 0 fully saturated rings. The topological polar surface area (TPSA) is 92.2 Å². The van der Waals surface area contributed by atoms with Gasteiger partial charge in [-0.25, -0.2) is 14.8 Å². The third kappa shape index (κ3) is 2.66. The molecule has 0 aliphatic carbocycles. The number of hydrogen-bond donors (Lipinski definition) is 2. The van der Waals surface area contributed by atoms with Crippen molar-refractivity contribution in [2.45, 2.75) is 6.18 Å². The fourth-order valence-corrected chi connectivity index (χ4v) is 1.41. The molecule has 0 saturated heterocycles. The fraction of sp³-hybridized carbons (Fsp3) is 0.0909. The largest absolute Gasteiger partial charge is 0.476 e. The minimum absolute atomic E-state index is 0.162. The van der Waals surface area contributed by atoms with Crippen molar-refractivity contribution in [2.24, 2.45) is 0 Å². The lowest BCUT2D eigenvalue weighted by Crippen LogP contribution is -2.31. The van der Waals surface area contributed by atoms with Crippen LogP contribution in [0.5, 0.6) is 0 Å². The number of carbonyl (C=O) groups excluding carboxylic acids is 1. The number of amides is 1. The van der Waals surface area contributed by atoms with Crippen LogP contribution >= 0.6 is 0 Å². The van der Waals surface area contributed by atoms with Crippen LogP contribution in [0.1, 0.15) is 10.5 Å². The highest BCUT2D eigenvalue weighted by Gasteiger charge is 2.39. The third-order valence-electron chi connectivity index (χ3n) is 2.26. The number of aromatic carboxylic acids is 1. The number of anilines is 1. The molecule has 2 N–H and O–H groups in total. The lowest BCUT2D eigenvalue weighted by atomic mass is 10.3. The zero-order chi connectivity index (χ0) is 14.9. The number of aromatic nitrogens is 2. The molecule has 0 bridgehead atoms. The summed E-state index contributed by atoms with van der Waals surface area (Å²) in [7, 11) is 0.